The van der Waals surface area contributed by atoms with Gasteiger partial charge >= 0.3 is 0 Å². The maximum Gasteiger partial charge on any atom is 0.265 e. The molecular weight excluding hydrogens is 358 g/mol. The summed E-state index contributed by atoms with van der Waals surface area (Å²) < 4.78 is 33.6. The van der Waals surface area contributed by atoms with Crippen LogP contribution in [0.1, 0.15) is 22.6 Å². The number of furan rings is 1. The van der Waals surface area contributed by atoms with E-state index in [1.807, 2.05) is 26.0 Å². The molecule has 2 N–H and O–H groups in total. The highest BCUT2D eigenvalue weighted by Crippen LogP contribution is 2.29. The van der Waals surface area contributed by atoms with Crippen molar-refractivity contribution in [2.75, 3.05) is 4.72 Å². The molecular formula is C14H16BrNO4S. The summed E-state index contributed by atoms with van der Waals surface area (Å²) in [4.78, 5) is 0.0354. The van der Waals surface area contributed by atoms with Crippen molar-refractivity contribution in [3.8, 4) is 0 Å². The monoisotopic (exact) mass is 373 g/mol. The number of nitrogens with one attached hydrogen (secondary N) is 1. The number of hydrogen-bond donors (Lipinski definition) is 2. The third-order valence-electron chi connectivity index (χ3n) is 3.10. The molecule has 1 heterocycles. The molecule has 2 rings (SSSR count). The van der Waals surface area contributed by atoms with Gasteiger partial charge in [0.05, 0.1) is 5.69 Å². The van der Waals surface area contributed by atoms with Gasteiger partial charge in [-0.2, -0.15) is 0 Å². The lowest BCUT2D eigenvalue weighted by molar-refractivity contribution is 0.245. The summed E-state index contributed by atoms with van der Waals surface area (Å²) >= 11 is 3.38. The second kappa shape index (κ2) is 5.82. The van der Waals surface area contributed by atoms with Crippen LogP contribution in [0.25, 0.3) is 0 Å². The van der Waals surface area contributed by atoms with Crippen LogP contribution >= 0.6 is 15.9 Å². The Bertz CT molecular complexity index is 757. The molecule has 0 aliphatic rings. The second-order valence-corrected chi connectivity index (χ2v) is 7.38. The molecule has 0 fully saturated rings. The van der Waals surface area contributed by atoms with Crippen LogP contribution < -0.4 is 4.72 Å². The molecule has 0 aliphatic carbocycles. The van der Waals surface area contributed by atoms with Crippen molar-refractivity contribution < 1.29 is 17.9 Å². The summed E-state index contributed by atoms with van der Waals surface area (Å²) in [6.07, 6.45) is 0. The molecule has 2 aromatic rings. The van der Waals surface area contributed by atoms with E-state index in [2.05, 4.69) is 20.7 Å². The summed E-state index contributed by atoms with van der Waals surface area (Å²) in [5.74, 6) is 0.469. The number of sulfonamides is 1. The van der Waals surface area contributed by atoms with E-state index in [-0.39, 0.29) is 23.0 Å². The van der Waals surface area contributed by atoms with Crippen molar-refractivity contribution in [1.29, 1.82) is 0 Å². The zero-order valence-corrected chi connectivity index (χ0v) is 14.3. The number of anilines is 1. The zero-order valence-electron chi connectivity index (χ0n) is 11.9. The number of rotatable bonds is 4. The standard InChI is InChI=1S/C14H16BrNO4S/c1-8-4-11(15)5-9(2)14(8)16-21(18,19)13-6-12(7-17)20-10(13)3/h4-6,16-17H,7H2,1-3H3. The topological polar surface area (TPSA) is 79.5 Å². The van der Waals surface area contributed by atoms with Gasteiger partial charge in [0, 0.05) is 10.5 Å². The number of aliphatic hydroxyl groups excluding tert-OH is 1. The Morgan fingerprint density at radius 1 is 1.19 bits per heavy atom. The molecule has 5 nitrogen and oxygen atoms in total. The molecule has 0 bridgehead atoms. The van der Waals surface area contributed by atoms with Crippen molar-refractivity contribution in [2.45, 2.75) is 32.3 Å². The molecule has 21 heavy (non-hydrogen) atoms. The summed E-state index contributed by atoms with van der Waals surface area (Å²) in [5, 5.41) is 9.04. The van der Waals surface area contributed by atoms with Crippen LogP contribution in [0.2, 0.25) is 0 Å². The Kier molecular flexibility index (Phi) is 4.46. The van der Waals surface area contributed by atoms with Crippen molar-refractivity contribution in [1.82, 2.24) is 0 Å². The second-order valence-electron chi connectivity index (χ2n) is 4.81. The SMILES string of the molecule is Cc1cc(Br)cc(C)c1NS(=O)(=O)c1cc(CO)oc1C. The number of aliphatic hydroxyl groups is 1. The molecule has 0 saturated heterocycles. The van der Waals surface area contributed by atoms with Crippen molar-refractivity contribution in [2.24, 2.45) is 0 Å². The van der Waals surface area contributed by atoms with Gasteiger partial charge in [0.2, 0.25) is 0 Å². The lowest BCUT2D eigenvalue weighted by Crippen LogP contribution is -2.15. The predicted molar refractivity (Wildman–Crippen MR) is 83.8 cm³/mol. The quantitative estimate of drug-likeness (QED) is 0.861. The Hall–Kier alpha value is -1.31. The smallest absolute Gasteiger partial charge is 0.265 e. The van der Waals surface area contributed by atoms with Gasteiger partial charge in [0.25, 0.3) is 10.0 Å². The molecule has 0 atom stereocenters. The summed E-state index contributed by atoms with van der Waals surface area (Å²) in [6, 6.07) is 5.01. The fraction of sp³-hybridized carbons (Fsp3) is 0.286. The summed E-state index contributed by atoms with van der Waals surface area (Å²) in [5.41, 5.74) is 2.17. The third-order valence-corrected chi connectivity index (χ3v) is 5.02. The van der Waals surface area contributed by atoms with Gasteiger partial charge in [0.1, 0.15) is 23.0 Å². The van der Waals surface area contributed by atoms with Crippen molar-refractivity contribution in [3.63, 3.8) is 0 Å². The van der Waals surface area contributed by atoms with Gasteiger partial charge < -0.3 is 9.52 Å². The maximum absolute atomic E-state index is 12.5. The van der Waals surface area contributed by atoms with Gasteiger partial charge in [-0.15, -0.1) is 0 Å². The molecule has 7 heteroatoms. The number of benzene rings is 1. The van der Waals surface area contributed by atoms with Gasteiger partial charge in [-0.1, -0.05) is 15.9 Å². The third kappa shape index (κ3) is 3.30. The zero-order chi connectivity index (χ0) is 15.8. The van der Waals surface area contributed by atoms with E-state index in [4.69, 9.17) is 9.52 Å². The Balaban J connectivity index is 2.44. The number of hydrogen-bond acceptors (Lipinski definition) is 4. The maximum atomic E-state index is 12.5. The minimum atomic E-state index is -3.76. The predicted octanol–water partition coefficient (Wildman–Crippen LogP) is 3.26. The van der Waals surface area contributed by atoms with Crippen LogP contribution in [0.15, 0.2) is 32.0 Å². The van der Waals surface area contributed by atoms with Crippen LogP contribution in [0.5, 0.6) is 0 Å². The minimum absolute atomic E-state index is 0.0354. The van der Waals surface area contributed by atoms with Crippen LogP contribution in [-0.2, 0) is 16.6 Å². The van der Waals surface area contributed by atoms with E-state index in [0.717, 1.165) is 15.6 Å². The van der Waals surface area contributed by atoms with Crippen LogP contribution in [-0.4, -0.2) is 13.5 Å². The lowest BCUT2D eigenvalue weighted by atomic mass is 10.1. The van der Waals surface area contributed by atoms with E-state index in [1.54, 1.807) is 6.92 Å². The number of aryl methyl sites for hydroxylation is 3. The van der Waals surface area contributed by atoms with Crippen LogP contribution in [0.3, 0.4) is 0 Å². The van der Waals surface area contributed by atoms with Crippen LogP contribution in [0.4, 0.5) is 5.69 Å². The van der Waals surface area contributed by atoms with Gasteiger partial charge in [-0.25, -0.2) is 8.42 Å². The molecule has 0 amide bonds. The highest BCUT2D eigenvalue weighted by Gasteiger charge is 2.22. The first-order chi connectivity index (χ1) is 9.74. The molecule has 0 aliphatic heterocycles. The Morgan fingerprint density at radius 3 is 2.24 bits per heavy atom. The molecule has 1 aromatic heterocycles. The van der Waals surface area contributed by atoms with Crippen molar-refractivity contribution >= 4 is 31.6 Å². The van der Waals surface area contributed by atoms with Gasteiger partial charge in [-0.05, 0) is 44.0 Å². The molecule has 0 saturated carbocycles. The fourth-order valence-electron chi connectivity index (χ4n) is 2.13. The van der Waals surface area contributed by atoms with E-state index in [0.29, 0.717) is 5.69 Å². The first-order valence-electron chi connectivity index (χ1n) is 6.24. The first-order valence-corrected chi connectivity index (χ1v) is 8.52. The van der Waals surface area contributed by atoms with Gasteiger partial charge in [0.15, 0.2) is 0 Å². The summed E-state index contributed by atoms with van der Waals surface area (Å²) in [7, 11) is -3.76. The fourth-order valence-corrected chi connectivity index (χ4v) is 4.22. The molecule has 0 spiro atoms. The van der Waals surface area contributed by atoms with E-state index in [9.17, 15) is 8.42 Å². The van der Waals surface area contributed by atoms with E-state index < -0.39 is 10.0 Å². The molecule has 0 unspecified atom stereocenters. The normalized spacial score (nSPS) is 11.7. The minimum Gasteiger partial charge on any atom is -0.462 e. The Labute approximate surface area is 132 Å². The number of halogens is 1. The van der Waals surface area contributed by atoms with E-state index in [1.165, 1.54) is 6.07 Å². The summed E-state index contributed by atoms with van der Waals surface area (Å²) in [6.45, 7) is 4.87. The average molecular weight is 374 g/mol. The first kappa shape index (κ1) is 16.1. The Morgan fingerprint density at radius 2 is 1.76 bits per heavy atom. The molecule has 0 radical (unpaired) electrons. The van der Waals surface area contributed by atoms with E-state index >= 15 is 0 Å². The molecule has 1 aromatic carbocycles. The van der Waals surface area contributed by atoms with Crippen LogP contribution in [0, 0.1) is 20.8 Å². The van der Waals surface area contributed by atoms with Crippen molar-refractivity contribution in [3.05, 3.63) is 45.3 Å². The lowest BCUT2D eigenvalue weighted by Gasteiger charge is -2.13. The van der Waals surface area contributed by atoms with Gasteiger partial charge in [-0.3, -0.25) is 4.72 Å². The highest BCUT2D eigenvalue weighted by atomic mass is 79.9. The molecule has 114 valence electrons. The highest BCUT2D eigenvalue weighted by molar-refractivity contribution is 9.10. The largest absolute Gasteiger partial charge is 0.462 e. The average Bonchev–Trinajstić information content (AvgIpc) is 2.76.